The summed E-state index contributed by atoms with van der Waals surface area (Å²) in [7, 11) is 0. The van der Waals surface area contributed by atoms with Crippen LogP contribution >= 0.6 is 0 Å². The summed E-state index contributed by atoms with van der Waals surface area (Å²) in [6, 6.07) is 9.46. The van der Waals surface area contributed by atoms with E-state index in [4.69, 9.17) is 5.73 Å². The molecule has 2 aromatic rings. The fraction of sp³-hybridized carbons (Fsp3) is 0.167. The van der Waals surface area contributed by atoms with Crippen molar-refractivity contribution in [2.75, 3.05) is 11.1 Å². The van der Waals surface area contributed by atoms with Crippen molar-refractivity contribution in [1.29, 1.82) is 0 Å². The highest BCUT2D eigenvalue weighted by atomic mass is 15.0. The van der Waals surface area contributed by atoms with Gasteiger partial charge >= 0.3 is 0 Å². The third-order valence-electron chi connectivity index (χ3n) is 2.13. The van der Waals surface area contributed by atoms with Crippen LogP contribution in [0.1, 0.15) is 11.5 Å². The summed E-state index contributed by atoms with van der Waals surface area (Å²) in [6.07, 6.45) is 0. The lowest BCUT2D eigenvalue weighted by Gasteiger charge is -2.07. The van der Waals surface area contributed by atoms with Gasteiger partial charge in [0.25, 0.3) is 0 Å². The minimum Gasteiger partial charge on any atom is -0.399 e. The van der Waals surface area contributed by atoms with Gasteiger partial charge in [0.1, 0.15) is 11.6 Å². The van der Waals surface area contributed by atoms with E-state index in [-0.39, 0.29) is 0 Å². The Morgan fingerprint density at radius 1 is 1.12 bits per heavy atom. The molecule has 2 rings (SSSR count). The van der Waals surface area contributed by atoms with Gasteiger partial charge in [-0.05, 0) is 32.0 Å². The lowest BCUT2D eigenvalue weighted by molar-refractivity contribution is 1.02. The van der Waals surface area contributed by atoms with E-state index in [2.05, 4.69) is 15.3 Å². The van der Waals surface area contributed by atoms with Crippen LogP contribution in [0.25, 0.3) is 0 Å². The predicted octanol–water partition coefficient (Wildman–Crippen LogP) is 2.42. The summed E-state index contributed by atoms with van der Waals surface area (Å²) in [4.78, 5) is 8.51. The molecule has 0 bridgehead atoms. The minimum atomic E-state index is 0.729. The number of nitrogens with one attached hydrogen (secondary N) is 1. The van der Waals surface area contributed by atoms with Crippen molar-refractivity contribution in [3.05, 3.63) is 41.9 Å². The average molecular weight is 214 g/mol. The number of anilines is 3. The summed E-state index contributed by atoms with van der Waals surface area (Å²) >= 11 is 0. The highest BCUT2D eigenvalue weighted by Crippen LogP contribution is 2.17. The van der Waals surface area contributed by atoms with Crippen LogP contribution in [-0.4, -0.2) is 9.97 Å². The van der Waals surface area contributed by atoms with Gasteiger partial charge in [0.2, 0.25) is 0 Å². The number of nitrogens with zero attached hydrogens (tertiary/aromatic N) is 2. The second-order valence-electron chi connectivity index (χ2n) is 3.69. The fourth-order valence-corrected chi connectivity index (χ4v) is 1.55. The normalized spacial score (nSPS) is 10.1. The molecule has 82 valence electrons. The Balaban J connectivity index is 2.27. The van der Waals surface area contributed by atoms with E-state index in [1.165, 1.54) is 0 Å². The van der Waals surface area contributed by atoms with Gasteiger partial charge in [0.05, 0.1) is 0 Å². The largest absolute Gasteiger partial charge is 0.399 e. The van der Waals surface area contributed by atoms with Crippen LogP contribution in [0.4, 0.5) is 17.2 Å². The number of hydrogen-bond donors (Lipinski definition) is 2. The number of hydrogen-bond acceptors (Lipinski definition) is 4. The maximum Gasteiger partial charge on any atom is 0.134 e. The van der Waals surface area contributed by atoms with Crippen molar-refractivity contribution in [2.45, 2.75) is 13.8 Å². The van der Waals surface area contributed by atoms with E-state index in [1.54, 1.807) is 0 Å². The molecule has 0 unspecified atom stereocenters. The van der Waals surface area contributed by atoms with Gasteiger partial charge in [-0.3, -0.25) is 0 Å². The number of aryl methyl sites for hydroxylation is 2. The molecule has 0 aliphatic heterocycles. The SMILES string of the molecule is Cc1cc(Nc2cccc(N)c2)nc(C)n1. The maximum atomic E-state index is 5.70. The van der Waals surface area contributed by atoms with Crippen molar-refractivity contribution in [1.82, 2.24) is 9.97 Å². The molecular weight excluding hydrogens is 200 g/mol. The third-order valence-corrected chi connectivity index (χ3v) is 2.13. The van der Waals surface area contributed by atoms with Crippen LogP contribution in [0.2, 0.25) is 0 Å². The maximum absolute atomic E-state index is 5.70. The molecule has 0 saturated carbocycles. The first-order chi connectivity index (χ1) is 7.63. The van der Waals surface area contributed by atoms with Crippen molar-refractivity contribution in [2.24, 2.45) is 0 Å². The Bertz CT molecular complexity index is 488. The van der Waals surface area contributed by atoms with Crippen LogP contribution < -0.4 is 11.1 Å². The zero-order valence-electron chi connectivity index (χ0n) is 9.36. The van der Waals surface area contributed by atoms with Crippen molar-refractivity contribution >= 4 is 17.2 Å². The Labute approximate surface area is 94.5 Å². The van der Waals surface area contributed by atoms with Crippen molar-refractivity contribution in [3.8, 4) is 0 Å². The van der Waals surface area contributed by atoms with E-state index in [0.29, 0.717) is 0 Å². The van der Waals surface area contributed by atoms with E-state index >= 15 is 0 Å². The van der Waals surface area contributed by atoms with E-state index in [1.807, 2.05) is 44.2 Å². The van der Waals surface area contributed by atoms with Crippen LogP contribution in [0.15, 0.2) is 30.3 Å². The molecule has 0 saturated heterocycles. The number of nitrogen functional groups attached to an aromatic ring is 1. The molecule has 0 atom stereocenters. The van der Waals surface area contributed by atoms with Gasteiger partial charge in [-0.1, -0.05) is 6.07 Å². The summed E-state index contributed by atoms with van der Waals surface area (Å²) in [5.74, 6) is 1.54. The molecule has 0 aliphatic rings. The summed E-state index contributed by atoms with van der Waals surface area (Å²) in [5.41, 5.74) is 8.30. The fourth-order valence-electron chi connectivity index (χ4n) is 1.55. The molecule has 1 aromatic heterocycles. The minimum absolute atomic E-state index is 0.729. The molecule has 16 heavy (non-hydrogen) atoms. The Morgan fingerprint density at radius 2 is 1.94 bits per heavy atom. The summed E-state index contributed by atoms with van der Waals surface area (Å²) < 4.78 is 0. The number of benzene rings is 1. The molecule has 0 spiro atoms. The molecule has 0 amide bonds. The second kappa shape index (κ2) is 4.18. The standard InChI is InChI=1S/C12H14N4/c1-8-6-12(15-9(2)14-8)16-11-5-3-4-10(13)7-11/h3-7H,13H2,1-2H3,(H,14,15,16). The first-order valence-corrected chi connectivity index (χ1v) is 5.08. The highest BCUT2D eigenvalue weighted by Gasteiger charge is 1.99. The third kappa shape index (κ3) is 2.48. The molecule has 1 heterocycles. The predicted molar refractivity (Wildman–Crippen MR) is 65.6 cm³/mol. The van der Waals surface area contributed by atoms with Gasteiger partial charge < -0.3 is 11.1 Å². The zero-order valence-corrected chi connectivity index (χ0v) is 9.36. The quantitative estimate of drug-likeness (QED) is 0.753. The highest BCUT2D eigenvalue weighted by molar-refractivity contribution is 5.61. The van der Waals surface area contributed by atoms with Gasteiger partial charge in [-0.25, -0.2) is 9.97 Å². The second-order valence-corrected chi connectivity index (χ2v) is 3.69. The van der Waals surface area contributed by atoms with Crippen LogP contribution in [-0.2, 0) is 0 Å². The lowest BCUT2D eigenvalue weighted by atomic mass is 10.3. The Hall–Kier alpha value is -2.10. The molecule has 0 radical (unpaired) electrons. The number of aromatic nitrogens is 2. The molecule has 1 aromatic carbocycles. The smallest absolute Gasteiger partial charge is 0.134 e. The Kier molecular flexibility index (Phi) is 2.72. The number of nitrogens with two attached hydrogens (primary N) is 1. The lowest BCUT2D eigenvalue weighted by Crippen LogP contribution is -1.99. The van der Waals surface area contributed by atoms with Crippen LogP contribution in [0, 0.1) is 13.8 Å². The molecule has 4 heteroatoms. The molecule has 0 fully saturated rings. The topological polar surface area (TPSA) is 63.8 Å². The van der Waals surface area contributed by atoms with Gasteiger partial charge in [-0.15, -0.1) is 0 Å². The Morgan fingerprint density at radius 3 is 2.62 bits per heavy atom. The average Bonchev–Trinajstić information content (AvgIpc) is 2.15. The summed E-state index contributed by atoms with van der Waals surface area (Å²) in [5, 5.41) is 3.20. The van der Waals surface area contributed by atoms with Crippen LogP contribution in [0.3, 0.4) is 0 Å². The first kappa shape index (κ1) is 10.4. The number of rotatable bonds is 2. The molecule has 3 N–H and O–H groups in total. The van der Waals surface area contributed by atoms with Gasteiger partial charge in [0.15, 0.2) is 0 Å². The van der Waals surface area contributed by atoms with E-state index in [9.17, 15) is 0 Å². The molecule has 0 aliphatic carbocycles. The van der Waals surface area contributed by atoms with Crippen molar-refractivity contribution < 1.29 is 0 Å². The van der Waals surface area contributed by atoms with Crippen molar-refractivity contribution in [3.63, 3.8) is 0 Å². The zero-order chi connectivity index (χ0) is 11.5. The molecular formula is C12H14N4. The molecule has 4 nitrogen and oxygen atoms in total. The summed E-state index contributed by atoms with van der Waals surface area (Å²) in [6.45, 7) is 3.82. The van der Waals surface area contributed by atoms with Gasteiger partial charge in [-0.2, -0.15) is 0 Å². The van der Waals surface area contributed by atoms with Crippen LogP contribution in [0.5, 0.6) is 0 Å². The van der Waals surface area contributed by atoms with Gasteiger partial charge in [0, 0.05) is 23.1 Å². The first-order valence-electron chi connectivity index (χ1n) is 5.08. The monoisotopic (exact) mass is 214 g/mol. The van der Waals surface area contributed by atoms with E-state index in [0.717, 1.165) is 28.7 Å². The van der Waals surface area contributed by atoms with E-state index < -0.39 is 0 Å².